The minimum absolute atomic E-state index is 0.0613. The molecular formula is C22H38O. The fourth-order valence-corrected chi connectivity index (χ4v) is 2.96. The van der Waals surface area contributed by atoms with Gasteiger partial charge in [0.05, 0.1) is 0 Å². The van der Waals surface area contributed by atoms with Gasteiger partial charge in [-0.2, -0.15) is 0 Å². The molecule has 0 bridgehead atoms. The lowest BCUT2D eigenvalue weighted by atomic mass is 9.72. The van der Waals surface area contributed by atoms with Crippen LogP contribution in [0.5, 0.6) is 5.75 Å². The third-order valence-corrected chi connectivity index (χ3v) is 4.85. The second-order valence-corrected chi connectivity index (χ2v) is 10.2. The third-order valence-electron chi connectivity index (χ3n) is 4.85. The van der Waals surface area contributed by atoms with Crippen LogP contribution in [0.15, 0.2) is 12.1 Å². The highest BCUT2D eigenvalue weighted by molar-refractivity contribution is 5.51. The van der Waals surface area contributed by atoms with Crippen LogP contribution in [0, 0.1) is 5.92 Å². The van der Waals surface area contributed by atoms with Crippen LogP contribution < -0.4 is 0 Å². The molecule has 0 heterocycles. The Bertz CT molecular complexity index is 501. The van der Waals surface area contributed by atoms with Crippen molar-refractivity contribution < 1.29 is 5.11 Å². The molecule has 0 aromatic heterocycles. The Labute approximate surface area is 144 Å². The Balaban J connectivity index is 3.50. The first kappa shape index (κ1) is 20.1. The molecule has 0 saturated carbocycles. The molecule has 0 aliphatic heterocycles. The summed E-state index contributed by atoms with van der Waals surface area (Å²) in [6.07, 6.45) is 2.40. The Kier molecular flexibility index (Phi) is 5.66. The molecule has 132 valence electrons. The van der Waals surface area contributed by atoms with Gasteiger partial charge >= 0.3 is 0 Å². The number of phenolic OH excluding ortho intramolecular Hbond substituents is 1. The summed E-state index contributed by atoms with van der Waals surface area (Å²) in [5.41, 5.74) is 3.49. The van der Waals surface area contributed by atoms with Gasteiger partial charge in [-0.05, 0) is 45.3 Å². The highest BCUT2D eigenvalue weighted by Crippen LogP contribution is 2.43. The largest absolute Gasteiger partial charge is 0.507 e. The zero-order chi connectivity index (χ0) is 18.2. The monoisotopic (exact) mass is 318 g/mol. The molecule has 23 heavy (non-hydrogen) atoms. The summed E-state index contributed by atoms with van der Waals surface area (Å²) in [5, 5.41) is 10.9. The van der Waals surface area contributed by atoms with Gasteiger partial charge in [-0.15, -0.1) is 0 Å². The molecule has 1 aromatic carbocycles. The summed E-state index contributed by atoms with van der Waals surface area (Å²) in [5.74, 6) is 1.20. The minimum atomic E-state index is -0.0613. The van der Waals surface area contributed by atoms with E-state index in [2.05, 4.69) is 81.4 Å². The van der Waals surface area contributed by atoms with Crippen molar-refractivity contribution >= 4 is 0 Å². The van der Waals surface area contributed by atoms with Crippen molar-refractivity contribution in [2.24, 2.45) is 5.92 Å². The molecule has 0 saturated heterocycles. The Morgan fingerprint density at radius 3 is 1.52 bits per heavy atom. The molecule has 1 N–H and O–H groups in total. The van der Waals surface area contributed by atoms with Crippen molar-refractivity contribution in [1.82, 2.24) is 0 Å². The highest BCUT2D eigenvalue weighted by atomic mass is 16.3. The molecule has 0 aliphatic rings. The van der Waals surface area contributed by atoms with Crippen LogP contribution in [-0.2, 0) is 16.2 Å². The van der Waals surface area contributed by atoms with Crippen molar-refractivity contribution in [3.63, 3.8) is 0 Å². The van der Waals surface area contributed by atoms with Gasteiger partial charge in [0.25, 0.3) is 0 Å². The first-order chi connectivity index (χ1) is 10.2. The van der Waals surface area contributed by atoms with Gasteiger partial charge < -0.3 is 5.11 Å². The van der Waals surface area contributed by atoms with Crippen LogP contribution in [0.4, 0.5) is 0 Å². The van der Waals surface area contributed by atoms with Crippen molar-refractivity contribution in [3.8, 4) is 5.75 Å². The molecule has 0 spiro atoms. The van der Waals surface area contributed by atoms with Crippen LogP contribution in [0.3, 0.4) is 0 Å². The molecule has 1 rings (SSSR count). The average molecular weight is 319 g/mol. The lowest BCUT2D eigenvalue weighted by Gasteiger charge is -2.33. The van der Waals surface area contributed by atoms with Gasteiger partial charge in [-0.1, -0.05) is 87.8 Å². The summed E-state index contributed by atoms with van der Waals surface area (Å²) in [6, 6.07) is 4.48. The molecule has 0 aliphatic carbocycles. The molecule has 1 nitrogen and oxygen atoms in total. The lowest BCUT2D eigenvalue weighted by Crippen LogP contribution is -2.23. The van der Waals surface area contributed by atoms with Crippen LogP contribution in [-0.4, -0.2) is 5.11 Å². The maximum absolute atomic E-state index is 10.9. The third kappa shape index (κ3) is 4.99. The molecule has 1 heteroatoms. The fourth-order valence-electron chi connectivity index (χ4n) is 2.96. The summed E-state index contributed by atoms with van der Waals surface area (Å²) >= 11 is 0. The van der Waals surface area contributed by atoms with Crippen LogP contribution >= 0.6 is 0 Å². The van der Waals surface area contributed by atoms with E-state index >= 15 is 0 Å². The number of phenols is 1. The first-order valence-electron chi connectivity index (χ1n) is 9.04. The molecule has 0 fully saturated rings. The molecular weight excluding hydrogens is 280 g/mol. The Hall–Kier alpha value is -0.980. The summed E-state index contributed by atoms with van der Waals surface area (Å²) in [4.78, 5) is 0. The lowest BCUT2D eigenvalue weighted by molar-refractivity contribution is 0.402. The first-order valence-corrected chi connectivity index (χ1v) is 9.04. The predicted octanol–water partition coefficient (Wildman–Crippen LogP) is 6.70. The molecule has 1 aromatic rings. The highest BCUT2D eigenvalue weighted by Gasteiger charge is 2.30. The van der Waals surface area contributed by atoms with E-state index in [1.54, 1.807) is 0 Å². The number of aromatic hydroxyl groups is 1. The van der Waals surface area contributed by atoms with Gasteiger partial charge in [-0.3, -0.25) is 0 Å². The van der Waals surface area contributed by atoms with E-state index in [0.29, 0.717) is 5.75 Å². The predicted molar refractivity (Wildman–Crippen MR) is 103 cm³/mol. The molecule has 0 unspecified atom stereocenters. The maximum Gasteiger partial charge on any atom is 0.123 e. The van der Waals surface area contributed by atoms with Crippen LogP contribution in [0.1, 0.15) is 98.8 Å². The number of hydrogen-bond donors (Lipinski definition) is 1. The average Bonchev–Trinajstić information content (AvgIpc) is 2.33. The van der Waals surface area contributed by atoms with E-state index in [-0.39, 0.29) is 16.2 Å². The molecule has 0 atom stereocenters. The second kappa shape index (κ2) is 6.49. The summed E-state index contributed by atoms with van der Waals surface area (Å²) in [6.45, 7) is 22.3. The van der Waals surface area contributed by atoms with E-state index in [1.165, 1.54) is 18.4 Å². The van der Waals surface area contributed by atoms with Crippen molar-refractivity contribution in [3.05, 3.63) is 28.8 Å². The van der Waals surface area contributed by atoms with E-state index in [0.717, 1.165) is 17.0 Å². The molecule has 0 radical (unpaired) electrons. The zero-order valence-electron chi connectivity index (χ0n) is 17.1. The van der Waals surface area contributed by atoms with Crippen LogP contribution in [0.25, 0.3) is 0 Å². The second-order valence-electron chi connectivity index (χ2n) is 10.2. The maximum atomic E-state index is 10.9. The van der Waals surface area contributed by atoms with Gasteiger partial charge in [0.15, 0.2) is 0 Å². The van der Waals surface area contributed by atoms with Crippen LogP contribution in [0.2, 0.25) is 0 Å². The normalized spacial score (nSPS) is 13.7. The quantitative estimate of drug-likeness (QED) is 0.654. The van der Waals surface area contributed by atoms with E-state index in [4.69, 9.17) is 0 Å². The standard InChI is InChI=1S/C22H38O/c1-15(2)11-12-22(9,10)16-13-17(20(3,4)5)19(23)18(14-16)21(6,7)8/h13-15,23H,11-12H2,1-10H3. The Morgan fingerprint density at radius 2 is 1.22 bits per heavy atom. The van der Waals surface area contributed by atoms with Crippen molar-refractivity contribution in [2.75, 3.05) is 0 Å². The summed E-state index contributed by atoms with van der Waals surface area (Å²) in [7, 11) is 0. The van der Waals surface area contributed by atoms with Gasteiger partial charge in [0, 0.05) is 0 Å². The van der Waals surface area contributed by atoms with Gasteiger partial charge in [0.2, 0.25) is 0 Å². The van der Waals surface area contributed by atoms with Gasteiger partial charge in [-0.25, -0.2) is 0 Å². The zero-order valence-corrected chi connectivity index (χ0v) is 17.1. The Morgan fingerprint density at radius 1 is 0.826 bits per heavy atom. The van der Waals surface area contributed by atoms with Crippen molar-refractivity contribution in [1.29, 1.82) is 0 Å². The van der Waals surface area contributed by atoms with E-state index in [1.807, 2.05) is 0 Å². The number of benzene rings is 1. The fraction of sp³-hybridized carbons (Fsp3) is 0.727. The number of hydrogen-bond acceptors (Lipinski definition) is 1. The SMILES string of the molecule is CC(C)CCC(C)(C)c1cc(C(C)(C)C)c(O)c(C(C)(C)C)c1. The van der Waals surface area contributed by atoms with Gasteiger partial charge in [0.1, 0.15) is 5.75 Å². The van der Waals surface area contributed by atoms with E-state index in [9.17, 15) is 5.11 Å². The molecule has 0 amide bonds. The summed E-state index contributed by atoms with van der Waals surface area (Å²) < 4.78 is 0. The van der Waals surface area contributed by atoms with Crippen molar-refractivity contribution in [2.45, 2.75) is 98.3 Å². The number of rotatable bonds is 4. The topological polar surface area (TPSA) is 20.2 Å². The smallest absolute Gasteiger partial charge is 0.123 e. The minimum Gasteiger partial charge on any atom is -0.507 e. The van der Waals surface area contributed by atoms with E-state index < -0.39 is 0 Å².